The van der Waals surface area contributed by atoms with E-state index in [9.17, 15) is 9.59 Å². The number of anilines is 3. The largest absolute Gasteiger partial charge is 0.497 e. The summed E-state index contributed by atoms with van der Waals surface area (Å²) in [5.74, 6) is 0.339. The van der Waals surface area contributed by atoms with Gasteiger partial charge in [-0.05, 0) is 66.6 Å². The molecule has 0 atom stereocenters. The fraction of sp³-hybridized carbons (Fsp3) is 0.226. The number of piperazine rings is 1. The van der Waals surface area contributed by atoms with Crippen LogP contribution < -0.4 is 25.2 Å². The van der Waals surface area contributed by atoms with Crippen LogP contribution in [0.1, 0.15) is 32.0 Å². The topological polar surface area (TPSA) is 87.0 Å². The fourth-order valence-electron chi connectivity index (χ4n) is 4.82. The van der Waals surface area contributed by atoms with E-state index >= 15 is 0 Å². The third-order valence-corrected chi connectivity index (χ3v) is 6.92. The van der Waals surface area contributed by atoms with E-state index in [0.29, 0.717) is 17.8 Å². The van der Waals surface area contributed by atoms with E-state index in [4.69, 9.17) is 9.15 Å². The van der Waals surface area contributed by atoms with Crippen LogP contribution in [0.15, 0.2) is 89.5 Å². The van der Waals surface area contributed by atoms with Gasteiger partial charge in [0.15, 0.2) is 5.76 Å². The van der Waals surface area contributed by atoms with Gasteiger partial charge in [-0.15, -0.1) is 0 Å². The summed E-state index contributed by atoms with van der Waals surface area (Å²) in [6, 6.07) is 24.7. The van der Waals surface area contributed by atoms with Crippen molar-refractivity contribution in [1.82, 2.24) is 5.32 Å². The Hall–Kier alpha value is -4.72. The number of furan rings is 1. The van der Waals surface area contributed by atoms with Gasteiger partial charge in [0, 0.05) is 44.0 Å². The highest BCUT2D eigenvalue weighted by Crippen LogP contribution is 2.30. The molecule has 2 heterocycles. The summed E-state index contributed by atoms with van der Waals surface area (Å²) in [5.41, 5.74) is 5.30. The van der Waals surface area contributed by atoms with E-state index in [-0.39, 0.29) is 17.6 Å². The van der Waals surface area contributed by atoms with Crippen molar-refractivity contribution in [2.45, 2.75) is 13.5 Å². The molecular formula is C31H32N4O4. The number of carbonyl (C=O) groups excluding carboxylic acids is 2. The molecule has 1 aliphatic rings. The first-order chi connectivity index (χ1) is 19.0. The highest BCUT2D eigenvalue weighted by molar-refractivity contribution is 6.05. The van der Waals surface area contributed by atoms with Crippen LogP contribution in [0.4, 0.5) is 17.1 Å². The van der Waals surface area contributed by atoms with Crippen LogP contribution in [0.5, 0.6) is 5.75 Å². The highest BCUT2D eigenvalue weighted by atomic mass is 16.5. The monoisotopic (exact) mass is 524 g/mol. The molecule has 2 N–H and O–H groups in total. The van der Waals surface area contributed by atoms with Crippen LogP contribution in [-0.4, -0.2) is 45.1 Å². The Morgan fingerprint density at radius 2 is 1.62 bits per heavy atom. The van der Waals surface area contributed by atoms with Crippen molar-refractivity contribution in [3.63, 3.8) is 0 Å². The molecule has 0 unspecified atom stereocenters. The molecule has 0 saturated carbocycles. The predicted molar refractivity (Wildman–Crippen MR) is 153 cm³/mol. The van der Waals surface area contributed by atoms with Gasteiger partial charge in [0.05, 0.1) is 24.7 Å². The number of aryl methyl sites for hydroxylation is 1. The van der Waals surface area contributed by atoms with Crippen LogP contribution in [0.3, 0.4) is 0 Å². The summed E-state index contributed by atoms with van der Waals surface area (Å²) in [4.78, 5) is 30.6. The second-order valence-electron chi connectivity index (χ2n) is 9.46. The van der Waals surface area contributed by atoms with Gasteiger partial charge in [0.1, 0.15) is 5.75 Å². The first-order valence-electron chi connectivity index (χ1n) is 13.0. The fourth-order valence-corrected chi connectivity index (χ4v) is 4.82. The summed E-state index contributed by atoms with van der Waals surface area (Å²) in [7, 11) is 1.61. The third kappa shape index (κ3) is 6.06. The van der Waals surface area contributed by atoms with Crippen molar-refractivity contribution >= 4 is 28.9 Å². The minimum atomic E-state index is -0.367. The first-order valence-corrected chi connectivity index (χ1v) is 13.0. The van der Waals surface area contributed by atoms with E-state index < -0.39 is 0 Å². The Balaban J connectivity index is 1.34. The van der Waals surface area contributed by atoms with Crippen molar-refractivity contribution in [3.05, 3.63) is 108 Å². The molecule has 4 aromatic rings. The highest BCUT2D eigenvalue weighted by Gasteiger charge is 2.23. The molecule has 0 spiro atoms. The van der Waals surface area contributed by atoms with Gasteiger partial charge in [-0.1, -0.05) is 30.3 Å². The molecule has 1 aromatic heterocycles. The molecule has 0 bridgehead atoms. The second kappa shape index (κ2) is 11.8. The van der Waals surface area contributed by atoms with Gasteiger partial charge in [0.2, 0.25) is 0 Å². The van der Waals surface area contributed by atoms with Crippen LogP contribution in [-0.2, 0) is 6.54 Å². The molecule has 39 heavy (non-hydrogen) atoms. The Bertz CT molecular complexity index is 1440. The number of hydrogen-bond acceptors (Lipinski definition) is 6. The van der Waals surface area contributed by atoms with Crippen molar-refractivity contribution in [2.24, 2.45) is 0 Å². The summed E-state index contributed by atoms with van der Waals surface area (Å²) in [5, 5.41) is 5.92. The molecule has 2 amide bonds. The number of nitrogens with one attached hydrogen (secondary N) is 2. The maximum atomic E-state index is 13.1. The average molecular weight is 525 g/mol. The lowest BCUT2D eigenvalue weighted by atomic mass is 10.1. The van der Waals surface area contributed by atoms with E-state index in [1.807, 2.05) is 30.3 Å². The Kier molecular flexibility index (Phi) is 7.82. The first kappa shape index (κ1) is 25.9. The van der Waals surface area contributed by atoms with Crippen LogP contribution in [0.25, 0.3) is 0 Å². The summed E-state index contributed by atoms with van der Waals surface area (Å²) in [6.45, 7) is 5.73. The van der Waals surface area contributed by atoms with Gasteiger partial charge < -0.3 is 29.6 Å². The number of hydrogen-bond donors (Lipinski definition) is 2. The molecule has 3 aromatic carbocycles. The maximum absolute atomic E-state index is 13.1. The molecule has 8 nitrogen and oxygen atoms in total. The smallest absolute Gasteiger partial charge is 0.291 e. The molecule has 0 aliphatic carbocycles. The van der Waals surface area contributed by atoms with Gasteiger partial charge in [-0.3, -0.25) is 9.59 Å². The second-order valence-corrected chi connectivity index (χ2v) is 9.46. The van der Waals surface area contributed by atoms with E-state index in [1.54, 1.807) is 31.4 Å². The molecule has 1 fully saturated rings. The Labute approximate surface area is 228 Å². The molecule has 200 valence electrons. The Morgan fingerprint density at radius 1 is 0.846 bits per heavy atom. The van der Waals surface area contributed by atoms with Crippen molar-refractivity contribution in [1.29, 1.82) is 0 Å². The number of para-hydroxylation sites is 1. The average Bonchev–Trinajstić information content (AvgIpc) is 3.52. The van der Waals surface area contributed by atoms with Crippen LogP contribution >= 0.6 is 0 Å². The molecule has 5 rings (SSSR count). The summed E-state index contributed by atoms with van der Waals surface area (Å²) >= 11 is 0. The molecule has 8 heteroatoms. The molecular weight excluding hydrogens is 492 g/mol. The number of benzene rings is 3. The zero-order valence-electron chi connectivity index (χ0n) is 22.1. The lowest BCUT2D eigenvalue weighted by Crippen LogP contribution is -2.47. The summed E-state index contributed by atoms with van der Waals surface area (Å²) < 4.78 is 10.6. The zero-order chi connectivity index (χ0) is 27.2. The number of nitrogens with zero attached hydrogens (tertiary/aromatic N) is 2. The maximum Gasteiger partial charge on any atom is 0.291 e. The zero-order valence-corrected chi connectivity index (χ0v) is 22.1. The van der Waals surface area contributed by atoms with Crippen LogP contribution in [0.2, 0.25) is 0 Å². The normalized spacial score (nSPS) is 13.2. The van der Waals surface area contributed by atoms with Gasteiger partial charge in [-0.25, -0.2) is 0 Å². The quantitative estimate of drug-likeness (QED) is 0.333. The number of methoxy groups -OCH3 is 1. The van der Waals surface area contributed by atoms with Gasteiger partial charge in [-0.2, -0.15) is 0 Å². The molecule has 1 aliphatic heterocycles. The van der Waals surface area contributed by atoms with Crippen molar-refractivity contribution in [2.75, 3.05) is 48.4 Å². The minimum Gasteiger partial charge on any atom is -0.497 e. The number of amides is 2. The van der Waals surface area contributed by atoms with E-state index in [1.165, 1.54) is 17.5 Å². The minimum absolute atomic E-state index is 0.207. The number of rotatable bonds is 8. The Morgan fingerprint density at radius 3 is 2.33 bits per heavy atom. The number of carbonyl (C=O) groups is 2. The van der Waals surface area contributed by atoms with Crippen LogP contribution in [0, 0.1) is 6.92 Å². The standard InChI is InChI=1S/C31H32N4O4/c1-22-7-3-4-10-27(22)34-14-16-35(17-15-34)28-13-12-24(20-26(28)33-31(37)29-11-6-18-39-29)30(36)32-21-23-8-5-9-25(19-23)38-2/h3-13,18-20H,14-17,21H2,1-2H3,(H,32,36)(H,33,37). The van der Waals surface area contributed by atoms with Gasteiger partial charge in [0.25, 0.3) is 11.8 Å². The molecule has 0 radical (unpaired) electrons. The third-order valence-electron chi connectivity index (χ3n) is 6.92. The summed E-state index contributed by atoms with van der Waals surface area (Å²) in [6.07, 6.45) is 1.46. The van der Waals surface area contributed by atoms with Gasteiger partial charge >= 0.3 is 0 Å². The lowest BCUT2D eigenvalue weighted by Gasteiger charge is -2.38. The SMILES string of the molecule is COc1cccc(CNC(=O)c2ccc(N3CCN(c4ccccc4C)CC3)c(NC(=O)c3ccco3)c2)c1. The predicted octanol–water partition coefficient (Wildman–Crippen LogP) is 5.11. The van der Waals surface area contributed by atoms with E-state index in [2.05, 4.69) is 51.6 Å². The number of ether oxygens (including phenoxy) is 1. The van der Waals surface area contributed by atoms with Crippen molar-refractivity contribution in [3.8, 4) is 5.75 Å². The van der Waals surface area contributed by atoms with E-state index in [0.717, 1.165) is 43.2 Å². The molecule has 1 saturated heterocycles. The van der Waals surface area contributed by atoms with Crippen molar-refractivity contribution < 1.29 is 18.7 Å². The lowest BCUT2D eigenvalue weighted by molar-refractivity contribution is 0.0949.